The van der Waals surface area contributed by atoms with Crippen LogP contribution < -0.4 is 0 Å². The minimum atomic E-state index is -1.63. The molecular formula is C11H18O6S. The van der Waals surface area contributed by atoms with E-state index in [9.17, 15) is 14.4 Å². The Balaban J connectivity index is 4.55. The van der Waals surface area contributed by atoms with E-state index in [1.165, 1.54) is 0 Å². The summed E-state index contributed by atoms with van der Waals surface area (Å²) < 4.78 is 14.3. The van der Waals surface area contributed by atoms with Crippen molar-refractivity contribution in [3.05, 3.63) is 0 Å². The fraction of sp³-hybridized carbons (Fsp3) is 0.727. The number of hydrogen-bond donors (Lipinski definition) is 0. The van der Waals surface area contributed by atoms with Crippen molar-refractivity contribution in [2.45, 2.75) is 46.5 Å². The van der Waals surface area contributed by atoms with Crippen molar-refractivity contribution in [2.75, 3.05) is 5.75 Å². The number of thioether (sulfide) groups is 1. The number of esters is 2. The van der Waals surface area contributed by atoms with Crippen LogP contribution in [-0.2, 0) is 23.8 Å². The van der Waals surface area contributed by atoms with Crippen molar-refractivity contribution in [2.24, 2.45) is 0 Å². The second-order valence-electron chi connectivity index (χ2n) is 3.46. The molecule has 7 heteroatoms. The summed E-state index contributed by atoms with van der Waals surface area (Å²) in [6.45, 7) is 6.60. The van der Waals surface area contributed by atoms with Gasteiger partial charge < -0.3 is 14.2 Å². The Bertz CT molecular complexity index is 302. The maximum absolute atomic E-state index is 11.6. The fourth-order valence-corrected chi connectivity index (χ4v) is 1.24. The van der Waals surface area contributed by atoms with E-state index in [-0.39, 0.29) is 6.42 Å². The van der Waals surface area contributed by atoms with Gasteiger partial charge in [0, 0.05) is 12.2 Å². The first-order valence-electron chi connectivity index (χ1n) is 5.64. The molecule has 0 N–H and O–H groups in total. The molecule has 1 unspecified atom stereocenters. The highest BCUT2D eigenvalue weighted by Crippen LogP contribution is 2.10. The average molecular weight is 278 g/mol. The zero-order chi connectivity index (χ0) is 14.1. The van der Waals surface area contributed by atoms with Gasteiger partial charge in [0.15, 0.2) is 0 Å². The number of hydrogen-bond acceptors (Lipinski definition) is 7. The number of rotatable bonds is 6. The van der Waals surface area contributed by atoms with Crippen LogP contribution in [0, 0.1) is 0 Å². The summed E-state index contributed by atoms with van der Waals surface area (Å²) in [7, 11) is 0. The maximum atomic E-state index is 11.6. The van der Waals surface area contributed by atoms with Gasteiger partial charge in [0.25, 0.3) is 0 Å². The van der Waals surface area contributed by atoms with E-state index in [1.54, 1.807) is 27.7 Å². The van der Waals surface area contributed by atoms with Crippen LogP contribution in [0.4, 0.5) is 4.79 Å². The van der Waals surface area contributed by atoms with Crippen molar-refractivity contribution in [1.82, 2.24) is 0 Å². The fourth-order valence-electron chi connectivity index (χ4n) is 0.850. The molecule has 0 fully saturated rings. The summed E-state index contributed by atoms with van der Waals surface area (Å²) in [5.41, 5.74) is 0. The lowest BCUT2D eigenvalue weighted by Crippen LogP contribution is -2.34. The van der Waals surface area contributed by atoms with Gasteiger partial charge in [0.1, 0.15) is 0 Å². The van der Waals surface area contributed by atoms with Crippen molar-refractivity contribution in [1.29, 1.82) is 0 Å². The molecule has 0 saturated carbocycles. The van der Waals surface area contributed by atoms with Crippen LogP contribution in [-0.4, -0.2) is 35.4 Å². The van der Waals surface area contributed by atoms with E-state index in [0.717, 1.165) is 11.8 Å². The molecule has 0 aromatic carbocycles. The Morgan fingerprint density at radius 1 is 1.06 bits per heavy atom. The van der Waals surface area contributed by atoms with E-state index >= 15 is 0 Å². The summed E-state index contributed by atoms with van der Waals surface area (Å²) in [6, 6.07) is 0. The van der Waals surface area contributed by atoms with E-state index < -0.39 is 29.6 Å². The van der Waals surface area contributed by atoms with Gasteiger partial charge in [0.2, 0.25) is 0 Å². The van der Waals surface area contributed by atoms with Gasteiger partial charge in [-0.1, -0.05) is 13.8 Å². The topological polar surface area (TPSA) is 78.9 Å². The zero-order valence-corrected chi connectivity index (χ0v) is 11.7. The molecule has 0 aromatic rings. The molecule has 0 aliphatic heterocycles. The quantitative estimate of drug-likeness (QED) is 0.543. The van der Waals surface area contributed by atoms with Gasteiger partial charge in [-0.15, -0.1) is 0 Å². The monoisotopic (exact) mass is 278 g/mol. The zero-order valence-electron chi connectivity index (χ0n) is 10.9. The third-order valence-corrected chi connectivity index (χ3v) is 2.16. The molecule has 1 atom stereocenters. The van der Waals surface area contributed by atoms with Crippen LogP contribution in [0.3, 0.4) is 0 Å². The van der Waals surface area contributed by atoms with Gasteiger partial charge in [-0.3, -0.25) is 4.79 Å². The standard InChI is InChI=1S/C11H18O6S/c1-5-8(12)16-10(9(13)15-7(3)4)17-11(14)18-6-2/h7,10H,5-6H2,1-4H3. The smallest absolute Gasteiger partial charge is 0.389 e. The van der Waals surface area contributed by atoms with Gasteiger partial charge in [-0.05, 0) is 25.6 Å². The third-order valence-electron chi connectivity index (χ3n) is 1.54. The summed E-state index contributed by atoms with van der Waals surface area (Å²) in [5, 5.41) is -0.688. The molecule has 0 aliphatic rings. The number of carbonyl (C=O) groups excluding carboxylic acids is 3. The van der Waals surface area contributed by atoms with Crippen molar-refractivity contribution < 1.29 is 28.6 Å². The highest BCUT2D eigenvalue weighted by atomic mass is 32.2. The molecule has 0 saturated heterocycles. The van der Waals surface area contributed by atoms with Crippen LogP contribution >= 0.6 is 11.8 Å². The van der Waals surface area contributed by atoms with Crippen molar-refractivity contribution in [3.8, 4) is 0 Å². The van der Waals surface area contributed by atoms with Gasteiger partial charge in [0.05, 0.1) is 6.10 Å². The summed E-state index contributed by atoms with van der Waals surface area (Å²) in [5.74, 6) is -1.04. The number of carbonyl (C=O) groups is 3. The first kappa shape index (κ1) is 16.8. The Kier molecular flexibility index (Phi) is 8.19. The van der Waals surface area contributed by atoms with Crippen LogP contribution in [0.15, 0.2) is 0 Å². The average Bonchev–Trinajstić information content (AvgIpc) is 2.27. The molecule has 6 nitrogen and oxygen atoms in total. The van der Waals surface area contributed by atoms with Crippen LogP contribution in [0.1, 0.15) is 34.1 Å². The van der Waals surface area contributed by atoms with E-state index in [0.29, 0.717) is 5.75 Å². The van der Waals surface area contributed by atoms with Crippen molar-refractivity contribution in [3.63, 3.8) is 0 Å². The van der Waals surface area contributed by atoms with Gasteiger partial charge >= 0.3 is 23.5 Å². The summed E-state index contributed by atoms with van der Waals surface area (Å²) in [6.07, 6.45) is -1.95. The third kappa shape index (κ3) is 7.16. The highest BCUT2D eigenvalue weighted by molar-refractivity contribution is 8.13. The van der Waals surface area contributed by atoms with Gasteiger partial charge in [-0.25, -0.2) is 9.59 Å². The second kappa shape index (κ2) is 8.79. The van der Waals surface area contributed by atoms with Crippen LogP contribution in [0.25, 0.3) is 0 Å². The lowest BCUT2D eigenvalue weighted by Gasteiger charge is -2.17. The SMILES string of the molecule is CCSC(=O)OC(OC(=O)CC)C(=O)OC(C)C. The first-order chi connectivity index (χ1) is 8.40. The Morgan fingerprint density at radius 3 is 2.11 bits per heavy atom. The Labute approximate surface area is 110 Å². The molecular weight excluding hydrogens is 260 g/mol. The van der Waals surface area contributed by atoms with Gasteiger partial charge in [-0.2, -0.15) is 0 Å². The summed E-state index contributed by atoms with van der Waals surface area (Å²) >= 11 is 0.870. The second-order valence-corrected chi connectivity index (χ2v) is 4.66. The molecule has 0 aromatic heterocycles. The van der Waals surface area contributed by atoms with E-state index in [4.69, 9.17) is 14.2 Å². The lowest BCUT2D eigenvalue weighted by atomic mass is 10.4. The van der Waals surface area contributed by atoms with Crippen molar-refractivity contribution >= 4 is 29.0 Å². The molecule has 0 bridgehead atoms. The predicted octanol–water partition coefficient (Wildman–Crippen LogP) is 2.11. The first-order valence-corrected chi connectivity index (χ1v) is 6.62. The molecule has 18 heavy (non-hydrogen) atoms. The van der Waals surface area contributed by atoms with Crippen LogP contribution in [0.2, 0.25) is 0 Å². The van der Waals surface area contributed by atoms with E-state index in [1.807, 2.05) is 0 Å². The van der Waals surface area contributed by atoms with Crippen LogP contribution in [0.5, 0.6) is 0 Å². The summed E-state index contributed by atoms with van der Waals surface area (Å²) in [4.78, 5) is 33.9. The highest BCUT2D eigenvalue weighted by Gasteiger charge is 2.29. The molecule has 104 valence electrons. The molecule has 0 amide bonds. The predicted molar refractivity (Wildman–Crippen MR) is 66.0 cm³/mol. The normalized spacial score (nSPS) is 11.8. The lowest BCUT2D eigenvalue weighted by molar-refractivity contribution is -0.192. The molecule has 0 radical (unpaired) electrons. The molecule has 0 spiro atoms. The molecule has 0 aliphatic carbocycles. The Morgan fingerprint density at radius 2 is 1.67 bits per heavy atom. The number of ether oxygens (including phenoxy) is 3. The minimum Gasteiger partial charge on any atom is -0.457 e. The minimum absolute atomic E-state index is 0.0733. The van der Waals surface area contributed by atoms with E-state index in [2.05, 4.69) is 0 Å². The Hall–Kier alpha value is -1.24. The largest absolute Gasteiger partial charge is 0.457 e. The molecule has 0 heterocycles. The molecule has 0 rings (SSSR count). The maximum Gasteiger partial charge on any atom is 0.389 e.